The molecular formula is C25H21N5O3. The van der Waals surface area contributed by atoms with E-state index in [4.69, 9.17) is 4.74 Å². The van der Waals surface area contributed by atoms with Crippen molar-refractivity contribution in [1.82, 2.24) is 25.0 Å². The van der Waals surface area contributed by atoms with E-state index in [0.717, 1.165) is 27.9 Å². The summed E-state index contributed by atoms with van der Waals surface area (Å²) in [7, 11) is 0. The van der Waals surface area contributed by atoms with E-state index < -0.39 is 5.97 Å². The number of imidazole rings is 1. The second kappa shape index (κ2) is 8.58. The van der Waals surface area contributed by atoms with Crippen molar-refractivity contribution >= 4 is 17.0 Å². The van der Waals surface area contributed by atoms with Gasteiger partial charge in [0.2, 0.25) is 0 Å². The van der Waals surface area contributed by atoms with Gasteiger partial charge >= 0.3 is 5.97 Å². The molecule has 0 fully saturated rings. The Kier molecular flexibility index (Phi) is 5.32. The number of hydrogen-bond acceptors (Lipinski definition) is 5. The minimum atomic E-state index is -0.996. The summed E-state index contributed by atoms with van der Waals surface area (Å²) in [6, 6.07) is 21.7. The molecule has 0 unspecified atom stereocenters. The number of carboxylic acid groups (broad SMARTS) is 1. The van der Waals surface area contributed by atoms with Gasteiger partial charge < -0.3 is 9.84 Å². The van der Waals surface area contributed by atoms with Gasteiger partial charge in [-0.1, -0.05) is 54.6 Å². The summed E-state index contributed by atoms with van der Waals surface area (Å²) < 4.78 is 7.54. The first-order valence-corrected chi connectivity index (χ1v) is 10.6. The fourth-order valence-corrected chi connectivity index (χ4v) is 3.98. The summed E-state index contributed by atoms with van der Waals surface area (Å²) in [5, 5.41) is 20.5. The average Bonchev–Trinajstić information content (AvgIpc) is 3.49. The van der Waals surface area contributed by atoms with Crippen molar-refractivity contribution in [2.45, 2.75) is 13.5 Å². The molecule has 164 valence electrons. The van der Waals surface area contributed by atoms with Gasteiger partial charge in [-0.3, -0.25) is 4.57 Å². The first kappa shape index (κ1) is 20.4. The molecule has 0 amide bonds. The maximum absolute atomic E-state index is 11.8. The molecule has 0 bridgehead atoms. The van der Waals surface area contributed by atoms with Gasteiger partial charge in [0, 0.05) is 5.56 Å². The Labute approximate surface area is 189 Å². The summed E-state index contributed by atoms with van der Waals surface area (Å²) in [6.07, 6.45) is 1.70. The monoisotopic (exact) mass is 439 g/mol. The lowest BCUT2D eigenvalue weighted by atomic mass is 9.97. The molecule has 0 spiro atoms. The van der Waals surface area contributed by atoms with Crippen LogP contribution < -0.4 is 4.74 Å². The molecule has 8 heteroatoms. The third-order valence-corrected chi connectivity index (χ3v) is 5.46. The van der Waals surface area contributed by atoms with E-state index in [1.54, 1.807) is 24.4 Å². The molecule has 0 aliphatic carbocycles. The SMILES string of the molecule is CCOc1nc2cccc(C(=O)O)c2n1Cc1ccc(-c2ccccc2-c2cn[nH]n2)cc1. The number of fused-ring (bicyclic) bond motifs is 1. The van der Waals surface area contributed by atoms with Crippen LogP contribution in [-0.4, -0.2) is 42.6 Å². The first-order valence-electron chi connectivity index (χ1n) is 10.6. The van der Waals surface area contributed by atoms with Gasteiger partial charge in [-0.05, 0) is 35.7 Å². The van der Waals surface area contributed by atoms with Crippen molar-refractivity contribution in [3.8, 4) is 28.4 Å². The standard InChI is InChI=1S/C25H21N5O3/c1-2-33-25-27-21-9-5-8-20(24(31)32)23(21)30(25)15-16-10-12-17(13-11-16)18-6-3-4-7-19(18)22-14-26-29-28-22/h3-14H,2,15H2,1H3,(H,31,32)(H,26,28,29). The zero-order chi connectivity index (χ0) is 22.8. The van der Waals surface area contributed by atoms with Crippen molar-refractivity contribution in [1.29, 1.82) is 0 Å². The van der Waals surface area contributed by atoms with E-state index >= 15 is 0 Å². The number of nitrogens with zero attached hydrogens (tertiary/aromatic N) is 4. The molecular weight excluding hydrogens is 418 g/mol. The summed E-state index contributed by atoms with van der Waals surface area (Å²) in [6.45, 7) is 2.74. The molecule has 0 aliphatic rings. The van der Waals surface area contributed by atoms with Crippen LogP contribution in [0, 0.1) is 0 Å². The second-order valence-electron chi connectivity index (χ2n) is 7.49. The normalized spacial score (nSPS) is 11.1. The zero-order valence-electron chi connectivity index (χ0n) is 17.9. The van der Waals surface area contributed by atoms with Gasteiger partial charge in [0.15, 0.2) is 0 Å². The van der Waals surface area contributed by atoms with Crippen LogP contribution in [0.15, 0.2) is 72.9 Å². The Balaban J connectivity index is 1.53. The highest BCUT2D eigenvalue weighted by molar-refractivity contribution is 6.01. The molecule has 0 radical (unpaired) electrons. The predicted octanol–water partition coefficient (Wildman–Crippen LogP) is 4.63. The maximum Gasteiger partial charge on any atom is 0.337 e. The number of benzene rings is 3. The number of rotatable bonds is 7. The zero-order valence-corrected chi connectivity index (χ0v) is 17.9. The summed E-state index contributed by atoms with van der Waals surface area (Å²) in [5.74, 6) is -0.996. The summed E-state index contributed by atoms with van der Waals surface area (Å²) >= 11 is 0. The average molecular weight is 439 g/mol. The van der Waals surface area contributed by atoms with Crippen LogP contribution in [0.25, 0.3) is 33.4 Å². The third kappa shape index (κ3) is 3.82. The number of aromatic nitrogens is 5. The number of H-pyrrole nitrogens is 1. The van der Waals surface area contributed by atoms with Gasteiger partial charge in [-0.25, -0.2) is 4.79 Å². The number of nitrogens with one attached hydrogen (secondary N) is 1. The van der Waals surface area contributed by atoms with Crippen LogP contribution in [0.4, 0.5) is 0 Å². The number of carboxylic acids is 1. The van der Waals surface area contributed by atoms with Gasteiger partial charge in [0.05, 0.1) is 35.9 Å². The second-order valence-corrected chi connectivity index (χ2v) is 7.49. The number of para-hydroxylation sites is 1. The molecule has 2 heterocycles. The van der Waals surface area contributed by atoms with Crippen LogP contribution in [0.5, 0.6) is 6.01 Å². The fourth-order valence-electron chi connectivity index (χ4n) is 3.98. The number of carbonyl (C=O) groups is 1. The molecule has 33 heavy (non-hydrogen) atoms. The van der Waals surface area contributed by atoms with Crippen molar-refractivity contribution in [3.63, 3.8) is 0 Å². The molecule has 2 aromatic heterocycles. The molecule has 0 aliphatic heterocycles. The van der Waals surface area contributed by atoms with Crippen LogP contribution in [-0.2, 0) is 6.54 Å². The molecule has 0 saturated heterocycles. The van der Waals surface area contributed by atoms with Crippen molar-refractivity contribution < 1.29 is 14.6 Å². The van der Waals surface area contributed by atoms with Crippen molar-refractivity contribution in [2.75, 3.05) is 6.61 Å². The molecule has 2 N–H and O–H groups in total. The largest absolute Gasteiger partial charge is 0.478 e. The minimum Gasteiger partial charge on any atom is -0.478 e. The summed E-state index contributed by atoms with van der Waals surface area (Å²) in [5.41, 5.74) is 6.21. The molecule has 5 rings (SSSR count). The highest BCUT2D eigenvalue weighted by Crippen LogP contribution is 2.31. The number of aromatic carboxylic acids is 1. The lowest BCUT2D eigenvalue weighted by Gasteiger charge is -2.12. The smallest absolute Gasteiger partial charge is 0.337 e. The van der Waals surface area contributed by atoms with Gasteiger partial charge in [0.1, 0.15) is 5.69 Å². The Morgan fingerprint density at radius 2 is 1.82 bits per heavy atom. The topological polar surface area (TPSA) is 106 Å². The minimum absolute atomic E-state index is 0.198. The quantitative estimate of drug-likeness (QED) is 0.383. The van der Waals surface area contributed by atoms with Crippen LogP contribution in [0.2, 0.25) is 0 Å². The van der Waals surface area contributed by atoms with Gasteiger partial charge in [-0.2, -0.15) is 20.4 Å². The number of ether oxygens (including phenoxy) is 1. The molecule has 8 nitrogen and oxygen atoms in total. The first-order chi connectivity index (χ1) is 16.2. The van der Waals surface area contributed by atoms with Crippen LogP contribution >= 0.6 is 0 Å². The molecule has 0 saturated carbocycles. The Morgan fingerprint density at radius 1 is 1.03 bits per heavy atom. The lowest BCUT2D eigenvalue weighted by Crippen LogP contribution is -2.08. The summed E-state index contributed by atoms with van der Waals surface area (Å²) in [4.78, 5) is 16.3. The van der Waals surface area contributed by atoms with E-state index in [1.165, 1.54) is 0 Å². The Morgan fingerprint density at radius 3 is 2.52 bits per heavy atom. The molecule has 5 aromatic rings. The van der Waals surface area contributed by atoms with E-state index in [1.807, 2.05) is 54.0 Å². The highest BCUT2D eigenvalue weighted by Gasteiger charge is 2.19. The predicted molar refractivity (Wildman–Crippen MR) is 124 cm³/mol. The Bertz CT molecular complexity index is 1420. The fraction of sp³-hybridized carbons (Fsp3) is 0.120. The maximum atomic E-state index is 11.8. The molecule has 3 aromatic carbocycles. The van der Waals surface area contributed by atoms with Crippen LogP contribution in [0.3, 0.4) is 0 Å². The highest BCUT2D eigenvalue weighted by atomic mass is 16.5. The van der Waals surface area contributed by atoms with Crippen LogP contribution in [0.1, 0.15) is 22.8 Å². The van der Waals surface area contributed by atoms with Crippen molar-refractivity contribution in [2.24, 2.45) is 0 Å². The lowest BCUT2D eigenvalue weighted by molar-refractivity contribution is 0.0698. The van der Waals surface area contributed by atoms with E-state index in [9.17, 15) is 9.90 Å². The van der Waals surface area contributed by atoms with Gasteiger partial charge in [-0.15, -0.1) is 0 Å². The van der Waals surface area contributed by atoms with Gasteiger partial charge in [0.25, 0.3) is 6.01 Å². The molecule has 0 atom stereocenters. The van der Waals surface area contributed by atoms with E-state index in [2.05, 4.69) is 26.5 Å². The van der Waals surface area contributed by atoms with Crippen molar-refractivity contribution in [3.05, 3.63) is 84.1 Å². The third-order valence-electron chi connectivity index (χ3n) is 5.46. The van der Waals surface area contributed by atoms with E-state index in [0.29, 0.717) is 30.2 Å². The Hall–Kier alpha value is -4.46. The number of hydrogen-bond donors (Lipinski definition) is 2. The van der Waals surface area contributed by atoms with E-state index in [-0.39, 0.29) is 5.56 Å². The number of aromatic amines is 1.